The normalized spacial score (nSPS) is 16.9. The molecular formula is C18H28N2O. The van der Waals surface area contributed by atoms with Crippen molar-refractivity contribution in [3.8, 4) is 0 Å². The summed E-state index contributed by atoms with van der Waals surface area (Å²) < 4.78 is 0. The highest BCUT2D eigenvalue weighted by Crippen LogP contribution is 2.37. The van der Waals surface area contributed by atoms with Crippen LogP contribution in [0.1, 0.15) is 64.1 Å². The van der Waals surface area contributed by atoms with Gasteiger partial charge in [-0.1, -0.05) is 39.8 Å². The zero-order valence-corrected chi connectivity index (χ0v) is 13.8. The summed E-state index contributed by atoms with van der Waals surface area (Å²) in [6.45, 7) is 9.99. The Kier molecular flexibility index (Phi) is 5.04. The van der Waals surface area contributed by atoms with Crippen LogP contribution >= 0.6 is 0 Å². The Morgan fingerprint density at radius 1 is 1.29 bits per heavy atom. The first-order chi connectivity index (χ1) is 9.97. The molecule has 1 unspecified atom stereocenters. The van der Waals surface area contributed by atoms with Crippen LogP contribution in [0.2, 0.25) is 0 Å². The standard InChI is InChI=1S/C18H28N2O/c1-5-18(3,4)17(19-6-2)14-10-11-15-13(12-14)8-7-9-16(21)20-15/h10-12,17,19H,5-9H2,1-4H3,(H,20,21). The lowest BCUT2D eigenvalue weighted by Crippen LogP contribution is -2.34. The monoisotopic (exact) mass is 288 g/mol. The van der Waals surface area contributed by atoms with E-state index in [0.717, 1.165) is 31.5 Å². The first-order valence-corrected chi connectivity index (χ1v) is 8.14. The maximum atomic E-state index is 11.6. The average Bonchev–Trinajstić information content (AvgIpc) is 2.64. The molecule has 1 aromatic carbocycles. The molecule has 116 valence electrons. The van der Waals surface area contributed by atoms with E-state index in [9.17, 15) is 4.79 Å². The van der Waals surface area contributed by atoms with Crippen molar-refractivity contribution in [1.82, 2.24) is 5.32 Å². The molecule has 1 atom stereocenters. The molecule has 0 fully saturated rings. The van der Waals surface area contributed by atoms with E-state index in [1.807, 2.05) is 0 Å². The third kappa shape index (κ3) is 3.65. The van der Waals surface area contributed by atoms with E-state index in [1.54, 1.807) is 0 Å². The Labute approximate surface area is 128 Å². The third-order valence-electron chi connectivity index (χ3n) is 4.69. The molecule has 1 heterocycles. The first-order valence-electron chi connectivity index (χ1n) is 8.14. The number of nitrogens with one attached hydrogen (secondary N) is 2. The van der Waals surface area contributed by atoms with Gasteiger partial charge < -0.3 is 10.6 Å². The number of aryl methyl sites for hydroxylation is 1. The summed E-state index contributed by atoms with van der Waals surface area (Å²) in [5.74, 6) is 0.138. The van der Waals surface area contributed by atoms with Gasteiger partial charge in [0.2, 0.25) is 5.91 Å². The highest BCUT2D eigenvalue weighted by Gasteiger charge is 2.29. The van der Waals surface area contributed by atoms with Gasteiger partial charge in [-0.25, -0.2) is 0 Å². The van der Waals surface area contributed by atoms with Gasteiger partial charge in [-0.05, 0) is 48.4 Å². The molecule has 21 heavy (non-hydrogen) atoms. The molecule has 0 radical (unpaired) electrons. The molecule has 1 aliphatic rings. The van der Waals surface area contributed by atoms with Gasteiger partial charge in [0.1, 0.15) is 0 Å². The fraction of sp³-hybridized carbons (Fsp3) is 0.611. The molecule has 2 N–H and O–H groups in total. The molecule has 0 aromatic heterocycles. The molecule has 1 amide bonds. The smallest absolute Gasteiger partial charge is 0.224 e. The summed E-state index contributed by atoms with van der Waals surface area (Å²) in [5.41, 5.74) is 3.80. The third-order valence-corrected chi connectivity index (χ3v) is 4.69. The van der Waals surface area contributed by atoms with Crippen LogP contribution < -0.4 is 10.6 Å². The Hall–Kier alpha value is -1.35. The number of hydrogen-bond donors (Lipinski definition) is 2. The van der Waals surface area contributed by atoms with E-state index in [1.165, 1.54) is 11.1 Å². The second-order valence-electron chi connectivity index (χ2n) is 6.65. The molecule has 0 saturated carbocycles. The molecule has 0 aliphatic carbocycles. The number of rotatable bonds is 5. The zero-order valence-electron chi connectivity index (χ0n) is 13.8. The van der Waals surface area contributed by atoms with Crippen LogP contribution in [0.4, 0.5) is 5.69 Å². The van der Waals surface area contributed by atoms with Gasteiger partial charge in [-0.15, -0.1) is 0 Å². The highest BCUT2D eigenvalue weighted by molar-refractivity contribution is 5.92. The second-order valence-corrected chi connectivity index (χ2v) is 6.65. The number of hydrogen-bond acceptors (Lipinski definition) is 2. The lowest BCUT2D eigenvalue weighted by Gasteiger charge is -2.35. The summed E-state index contributed by atoms with van der Waals surface area (Å²) in [4.78, 5) is 11.6. The summed E-state index contributed by atoms with van der Waals surface area (Å²) >= 11 is 0. The summed E-state index contributed by atoms with van der Waals surface area (Å²) in [6.07, 6.45) is 3.66. The number of amides is 1. The van der Waals surface area contributed by atoms with Gasteiger partial charge in [-0.3, -0.25) is 4.79 Å². The predicted octanol–water partition coefficient (Wildman–Crippen LogP) is 4.05. The lowest BCUT2D eigenvalue weighted by atomic mass is 9.78. The van der Waals surface area contributed by atoms with Crippen molar-refractivity contribution in [3.05, 3.63) is 29.3 Å². The molecule has 3 heteroatoms. The van der Waals surface area contributed by atoms with Crippen LogP contribution in [0.3, 0.4) is 0 Å². The van der Waals surface area contributed by atoms with E-state index in [2.05, 4.69) is 56.5 Å². The minimum atomic E-state index is 0.138. The van der Waals surface area contributed by atoms with Gasteiger partial charge in [0.15, 0.2) is 0 Å². The lowest BCUT2D eigenvalue weighted by molar-refractivity contribution is -0.116. The van der Waals surface area contributed by atoms with E-state index in [4.69, 9.17) is 0 Å². The van der Waals surface area contributed by atoms with Crippen molar-refractivity contribution in [2.75, 3.05) is 11.9 Å². The largest absolute Gasteiger partial charge is 0.326 e. The minimum Gasteiger partial charge on any atom is -0.326 e. The fourth-order valence-corrected chi connectivity index (χ4v) is 3.03. The van der Waals surface area contributed by atoms with E-state index >= 15 is 0 Å². The zero-order chi connectivity index (χ0) is 15.5. The van der Waals surface area contributed by atoms with Gasteiger partial charge in [0.05, 0.1) is 0 Å². The second kappa shape index (κ2) is 6.61. The van der Waals surface area contributed by atoms with Crippen LogP contribution in [0.5, 0.6) is 0 Å². The Morgan fingerprint density at radius 3 is 2.71 bits per heavy atom. The van der Waals surface area contributed by atoms with Crippen molar-refractivity contribution in [2.45, 2.75) is 59.4 Å². The number of anilines is 1. The van der Waals surface area contributed by atoms with Crippen LogP contribution in [0.15, 0.2) is 18.2 Å². The molecule has 3 nitrogen and oxygen atoms in total. The Bertz CT molecular complexity index is 508. The maximum Gasteiger partial charge on any atom is 0.224 e. The van der Waals surface area contributed by atoms with E-state index in [0.29, 0.717) is 12.5 Å². The Morgan fingerprint density at radius 2 is 2.05 bits per heavy atom. The summed E-state index contributed by atoms with van der Waals surface area (Å²) in [5, 5.41) is 6.65. The fourth-order valence-electron chi connectivity index (χ4n) is 3.03. The number of benzene rings is 1. The summed E-state index contributed by atoms with van der Waals surface area (Å²) in [7, 11) is 0. The number of fused-ring (bicyclic) bond motifs is 1. The van der Waals surface area contributed by atoms with Crippen LogP contribution in [-0.4, -0.2) is 12.5 Å². The van der Waals surface area contributed by atoms with E-state index < -0.39 is 0 Å². The molecular weight excluding hydrogens is 260 g/mol. The average molecular weight is 288 g/mol. The molecule has 0 bridgehead atoms. The van der Waals surface area contributed by atoms with Crippen molar-refractivity contribution >= 4 is 11.6 Å². The first kappa shape index (κ1) is 16.0. The van der Waals surface area contributed by atoms with Crippen molar-refractivity contribution in [3.63, 3.8) is 0 Å². The van der Waals surface area contributed by atoms with Crippen molar-refractivity contribution in [2.24, 2.45) is 5.41 Å². The molecule has 1 aliphatic heterocycles. The van der Waals surface area contributed by atoms with Crippen LogP contribution in [0.25, 0.3) is 0 Å². The Balaban J connectivity index is 2.35. The van der Waals surface area contributed by atoms with Gasteiger partial charge in [-0.2, -0.15) is 0 Å². The van der Waals surface area contributed by atoms with Gasteiger partial charge in [0.25, 0.3) is 0 Å². The topological polar surface area (TPSA) is 41.1 Å². The van der Waals surface area contributed by atoms with Gasteiger partial charge >= 0.3 is 0 Å². The quantitative estimate of drug-likeness (QED) is 0.858. The van der Waals surface area contributed by atoms with Crippen molar-refractivity contribution < 1.29 is 4.79 Å². The number of carbonyl (C=O) groups is 1. The van der Waals surface area contributed by atoms with Gasteiger partial charge in [0, 0.05) is 18.2 Å². The predicted molar refractivity (Wildman–Crippen MR) is 88.5 cm³/mol. The minimum absolute atomic E-state index is 0.138. The SMILES string of the molecule is CCNC(c1ccc2c(c1)CCCC(=O)N2)C(C)(C)CC. The molecule has 0 saturated heterocycles. The highest BCUT2D eigenvalue weighted by atomic mass is 16.1. The van der Waals surface area contributed by atoms with Crippen LogP contribution in [0, 0.1) is 5.41 Å². The maximum absolute atomic E-state index is 11.6. The molecule has 2 rings (SSSR count). The molecule has 0 spiro atoms. The van der Waals surface area contributed by atoms with Crippen molar-refractivity contribution in [1.29, 1.82) is 0 Å². The number of carbonyl (C=O) groups excluding carboxylic acids is 1. The molecule has 1 aromatic rings. The summed E-state index contributed by atoms with van der Waals surface area (Å²) in [6, 6.07) is 6.86. The van der Waals surface area contributed by atoms with Crippen LogP contribution in [-0.2, 0) is 11.2 Å². The van der Waals surface area contributed by atoms with E-state index in [-0.39, 0.29) is 11.3 Å².